The van der Waals surface area contributed by atoms with Crippen LogP contribution in [0.2, 0.25) is 0 Å². The highest BCUT2D eigenvalue weighted by Gasteiger charge is 2.02. The third kappa shape index (κ3) is 4.27. The van der Waals surface area contributed by atoms with Gasteiger partial charge in [-0.05, 0) is 6.08 Å². The number of carbonyl (C=O) groups excluding carboxylic acids is 2. The van der Waals surface area contributed by atoms with E-state index in [2.05, 4.69) is 10.7 Å². The van der Waals surface area contributed by atoms with Crippen molar-refractivity contribution >= 4 is 11.8 Å². The van der Waals surface area contributed by atoms with Crippen molar-refractivity contribution in [2.45, 2.75) is 13.8 Å². The first-order valence-electron chi connectivity index (χ1n) is 3.20. The van der Waals surface area contributed by atoms with E-state index in [0.29, 0.717) is 0 Å². The summed E-state index contributed by atoms with van der Waals surface area (Å²) in [6.07, 6.45) is 2.15. The van der Waals surface area contributed by atoms with Gasteiger partial charge < -0.3 is 4.84 Å². The van der Waals surface area contributed by atoms with E-state index in [1.165, 1.54) is 0 Å². The third-order valence-electron chi connectivity index (χ3n) is 1.07. The maximum atomic E-state index is 10.8. The van der Waals surface area contributed by atoms with Crippen LogP contribution >= 0.6 is 0 Å². The number of ketones is 1. The number of hydrogen-bond acceptors (Lipinski definition) is 4. The van der Waals surface area contributed by atoms with E-state index in [0.717, 1.165) is 12.2 Å². The van der Waals surface area contributed by atoms with Gasteiger partial charge in [0.2, 0.25) is 0 Å². The molecule has 4 heteroatoms. The van der Waals surface area contributed by atoms with Gasteiger partial charge in [0.1, 0.15) is 0 Å². The normalized spacial score (nSPS) is 10.5. The molecular formula is C7H11NO3. The van der Waals surface area contributed by atoms with Gasteiger partial charge in [-0.3, -0.25) is 4.79 Å². The van der Waals surface area contributed by atoms with Crippen LogP contribution in [-0.2, 0) is 14.4 Å². The van der Waals surface area contributed by atoms with Crippen LogP contribution in [0.4, 0.5) is 0 Å². The smallest absolute Gasteiger partial charge is 0.349 e. The molecule has 0 bridgehead atoms. The number of carbonyl (C=O) groups is 2. The van der Waals surface area contributed by atoms with E-state index in [-0.39, 0.29) is 11.7 Å². The second-order valence-electron chi connectivity index (χ2n) is 2.33. The highest BCUT2D eigenvalue weighted by Crippen LogP contribution is 1.94. The average Bonchev–Trinajstić information content (AvgIpc) is 1.99. The molecular weight excluding hydrogens is 146 g/mol. The minimum Gasteiger partial charge on any atom is -0.370 e. The lowest BCUT2D eigenvalue weighted by atomic mass is 10.1. The van der Waals surface area contributed by atoms with Crippen molar-refractivity contribution in [1.29, 1.82) is 0 Å². The Morgan fingerprint density at radius 1 is 1.36 bits per heavy atom. The standard InChI is InChI=1S/C7H11NO3/c1-5(2)6(9)3-4-7(10)11-8/h3-5H,8H2,1-2H3/b4-3+. The summed E-state index contributed by atoms with van der Waals surface area (Å²) in [7, 11) is 0. The predicted molar refractivity (Wildman–Crippen MR) is 39.3 cm³/mol. The Balaban J connectivity index is 3.93. The predicted octanol–water partition coefficient (Wildman–Crippen LogP) is 0.185. The molecule has 0 saturated heterocycles. The minimum atomic E-state index is -0.723. The molecule has 0 aliphatic heterocycles. The summed E-state index contributed by atoms with van der Waals surface area (Å²) in [5.41, 5.74) is 0. The van der Waals surface area contributed by atoms with Gasteiger partial charge in [-0.25, -0.2) is 4.79 Å². The number of allylic oxidation sites excluding steroid dienone is 1. The fourth-order valence-electron chi connectivity index (χ4n) is 0.382. The third-order valence-corrected chi connectivity index (χ3v) is 1.07. The van der Waals surface area contributed by atoms with E-state index in [4.69, 9.17) is 0 Å². The molecule has 0 radical (unpaired) electrons. The Labute approximate surface area is 65.0 Å². The molecule has 0 unspecified atom stereocenters. The first-order chi connectivity index (χ1) is 5.07. The molecule has 0 spiro atoms. The first-order valence-corrected chi connectivity index (χ1v) is 3.20. The molecule has 2 N–H and O–H groups in total. The minimum absolute atomic E-state index is 0.114. The molecule has 0 rings (SSSR count). The molecule has 0 atom stereocenters. The van der Waals surface area contributed by atoms with Gasteiger partial charge in [0.25, 0.3) is 0 Å². The van der Waals surface area contributed by atoms with Crippen molar-refractivity contribution in [2.24, 2.45) is 11.8 Å². The van der Waals surface area contributed by atoms with Gasteiger partial charge in [0.15, 0.2) is 5.78 Å². The zero-order valence-corrected chi connectivity index (χ0v) is 6.53. The summed E-state index contributed by atoms with van der Waals surface area (Å²) >= 11 is 0. The Hall–Kier alpha value is -1.16. The Morgan fingerprint density at radius 3 is 2.27 bits per heavy atom. The van der Waals surface area contributed by atoms with Crippen molar-refractivity contribution in [3.63, 3.8) is 0 Å². The van der Waals surface area contributed by atoms with Crippen LogP contribution in [0.3, 0.4) is 0 Å². The highest BCUT2D eigenvalue weighted by molar-refractivity contribution is 5.96. The van der Waals surface area contributed by atoms with Gasteiger partial charge in [0.05, 0.1) is 0 Å². The van der Waals surface area contributed by atoms with Crippen molar-refractivity contribution in [1.82, 2.24) is 0 Å². The van der Waals surface area contributed by atoms with E-state index in [1.807, 2.05) is 0 Å². The summed E-state index contributed by atoms with van der Waals surface area (Å²) in [4.78, 5) is 25.0. The van der Waals surface area contributed by atoms with Crippen LogP contribution in [0.25, 0.3) is 0 Å². The number of nitrogens with two attached hydrogens (primary N) is 1. The highest BCUT2D eigenvalue weighted by atomic mass is 16.7. The summed E-state index contributed by atoms with van der Waals surface area (Å²) in [6.45, 7) is 3.47. The SMILES string of the molecule is CC(C)C(=O)/C=C/C(=O)ON. The molecule has 0 aromatic carbocycles. The van der Waals surface area contributed by atoms with Crippen molar-refractivity contribution < 1.29 is 14.4 Å². The van der Waals surface area contributed by atoms with Crippen LogP contribution in [0.15, 0.2) is 12.2 Å². The molecule has 4 nitrogen and oxygen atoms in total. The number of rotatable bonds is 3. The van der Waals surface area contributed by atoms with E-state index < -0.39 is 5.97 Å². The fourth-order valence-corrected chi connectivity index (χ4v) is 0.382. The maximum Gasteiger partial charge on any atom is 0.349 e. The Bertz CT molecular complexity index is 184. The van der Waals surface area contributed by atoms with E-state index in [1.54, 1.807) is 13.8 Å². The average molecular weight is 157 g/mol. The van der Waals surface area contributed by atoms with Crippen LogP contribution < -0.4 is 5.90 Å². The van der Waals surface area contributed by atoms with E-state index >= 15 is 0 Å². The van der Waals surface area contributed by atoms with Crippen molar-refractivity contribution in [3.8, 4) is 0 Å². The number of hydrogen-bond donors (Lipinski definition) is 1. The molecule has 62 valence electrons. The van der Waals surface area contributed by atoms with Gasteiger partial charge >= 0.3 is 5.97 Å². The summed E-state index contributed by atoms with van der Waals surface area (Å²) in [5.74, 6) is 3.56. The molecule has 0 fully saturated rings. The summed E-state index contributed by atoms with van der Waals surface area (Å²) in [6, 6.07) is 0. The topological polar surface area (TPSA) is 69.4 Å². The molecule has 0 saturated carbocycles. The quantitative estimate of drug-likeness (QED) is 0.468. The van der Waals surface area contributed by atoms with Gasteiger partial charge in [-0.2, -0.15) is 5.90 Å². The lowest BCUT2D eigenvalue weighted by Gasteiger charge is -1.95. The zero-order chi connectivity index (χ0) is 8.85. The van der Waals surface area contributed by atoms with E-state index in [9.17, 15) is 9.59 Å². The van der Waals surface area contributed by atoms with Gasteiger partial charge in [-0.1, -0.05) is 13.8 Å². The molecule has 11 heavy (non-hydrogen) atoms. The largest absolute Gasteiger partial charge is 0.370 e. The second-order valence-corrected chi connectivity index (χ2v) is 2.33. The lowest BCUT2D eigenvalue weighted by molar-refractivity contribution is -0.138. The van der Waals surface area contributed by atoms with Crippen LogP contribution in [-0.4, -0.2) is 11.8 Å². The molecule has 0 heterocycles. The van der Waals surface area contributed by atoms with Crippen molar-refractivity contribution in [3.05, 3.63) is 12.2 Å². The monoisotopic (exact) mass is 157 g/mol. The van der Waals surface area contributed by atoms with Crippen LogP contribution in [0.5, 0.6) is 0 Å². The molecule has 0 aliphatic carbocycles. The summed E-state index contributed by atoms with van der Waals surface area (Å²) < 4.78 is 0. The van der Waals surface area contributed by atoms with Crippen LogP contribution in [0, 0.1) is 5.92 Å². The lowest BCUT2D eigenvalue weighted by Crippen LogP contribution is -2.08. The molecule has 0 aromatic heterocycles. The molecule has 0 aliphatic rings. The second kappa shape index (κ2) is 4.62. The zero-order valence-electron chi connectivity index (χ0n) is 6.53. The van der Waals surface area contributed by atoms with Crippen LogP contribution in [0.1, 0.15) is 13.8 Å². The Morgan fingerprint density at radius 2 is 1.91 bits per heavy atom. The molecule has 0 aromatic rings. The summed E-state index contributed by atoms with van der Waals surface area (Å²) in [5, 5.41) is 0. The first kappa shape index (κ1) is 9.84. The maximum absolute atomic E-state index is 10.8. The van der Waals surface area contributed by atoms with Gasteiger partial charge in [-0.15, -0.1) is 0 Å². The molecule has 0 amide bonds. The fraction of sp³-hybridized carbons (Fsp3) is 0.429. The van der Waals surface area contributed by atoms with Gasteiger partial charge in [0, 0.05) is 12.0 Å². The Kier molecular flexibility index (Phi) is 4.14. The van der Waals surface area contributed by atoms with Crippen molar-refractivity contribution in [2.75, 3.05) is 0 Å².